The number of rotatable bonds is 21. The number of amides is 3. The van der Waals surface area contributed by atoms with Gasteiger partial charge in [-0.2, -0.15) is 0 Å². The summed E-state index contributed by atoms with van der Waals surface area (Å²) in [6.07, 6.45) is 1.99. The van der Waals surface area contributed by atoms with Gasteiger partial charge in [0.2, 0.25) is 23.1 Å². The van der Waals surface area contributed by atoms with Crippen molar-refractivity contribution in [2.45, 2.75) is 38.6 Å². The molecule has 6 aromatic carbocycles. The first-order valence-electron chi connectivity index (χ1n) is 27.7. The fraction of sp³-hybridized carbons (Fsp3) is 0.227. The maximum absolute atomic E-state index is 13.1. The molecule has 2 aliphatic heterocycles. The molecule has 0 aromatic heterocycles. The van der Waals surface area contributed by atoms with Gasteiger partial charge < -0.3 is 70.6 Å². The van der Waals surface area contributed by atoms with Crippen LogP contribution in [0.5, 0.6) is 23.0 Å². The van der Waals surface area contributed by atoms with E-state index in [4.69, 9.17) is 26.1 Å². The Morgan fingerprint density at radius 3 is 2.26 bits per heavy atom. The van der Waals surface area contributed by atoms with Crippen LogP contribution in [0, 0.1) is 0 Å². The Balaban J connectivity index is 0.000000275. The molecule has 0 spiro atoms. The normalized spacial score (nSPS) is 11.6. The van der Waals surface area contributed by atoms with Gasteiger partial charge in [-0.25, -0.2) is 9.37 Å². The third-order valence-corrected chi connectivity index (χ3v) is 14.3. The van der Waals surface area contributed by atoms with Crippen LogP contribution in [0.25, 0.3) is 45.6 Å². The fourth-order valence-corrected chi connectivity index (χ4v) is 9.97. The quantitative estimate of drug-likeness (QED) is 0.0215. The summed E-state index contributed by atoms with van der Waals surface area (Å²) >= 11 is 5.50. The minimum atomic E-state index is -1.20. The highest BCUT2D eigenvalue weighted by atomic mass is 32.1. The average Bonchev–Trinajstić information content (AvgIpc) is 0.852. The molecule has 86 heavy (non-hydrogen) atoms. The average molecular weight is 1180 g/mol. The van der Waals surface area contributed by atoms with Crippen molar-refractivity contribution < 1.29 is 58.3 Å². The van der Waals surface area contributed by atoms with Crippen molar-refractivity contribution in [3.05, 3.63) is 183 Å². The van der Waals surface area contributed by atoms with E-state index >= 15 is 0 Å². The highest BCUT2D eigenvalue weighted by Crippen LogP contribution is 2.42. The Kier molecular flexibility index (Phi) is 20.5. The molecule has 3 amide bonds. The van der Waals surface area contributed by atoms with E-state index in [1.807, 2.05) is 92.3 Å². The summed E-state index contributed by atoms with van der Waals surface area (Å²) in [6.45, 7) is 6.19. The standard InChI is InChI=1S/C42H45N5O9S.C24H22N2O3/c1-25-6-13-32-36(21-25)56-37-23-30(50)12-15-33(37)39(32)31-14-9-28(22-34(31)41(53)54)46-42(57)45-17-4-3-5-35(47-38(51)24-55-20-19-43-26(2)48)40(52)44-18-16-27-7-10-29(49)11-8-27;1-25(2)15-9-11-19-21(13-15)29-22-14-16(26(3)4)10-12-20(22)23(19)17-7-5-6-8-18(17)24(27)28/h6-15,21-23,35,49-50H,1,3-5,16-20,24H2,2H3,(H,43,48)(H,44,52)(H,47,51)(H,53,54)(H2,45,46,57);5-14H,1-4H3/p-1. The number of hydrogen-bond donors (Lipinski definition) is 7. The maximum atomic E-state index is 13.1. The predicted octanol–water partition coefficient (Wildman–Crippen LogP) is 5.05. The molecule has 3 aliphatic rings. The molecule has 19 nitrogen and oxygen atoms in total. The van der Waals surface area contributed by atoms with Crippen LogP contribution in [0.1, 0.15) is 63.6 Å². The Morgan fingerprint density at radius 1 is 0.767 bits per heavy atom. The molecule has 6 aromatic rings. The van der Waals surface area contributed by atoms with Crippen LogP contribution in [0.2, 0.25) is 0 Å². The van der Waals surface area contributed by atoms with E-state index < -0.39 is 23.9 Å². The minimum absolute atomic E-state index is 0.00839. The van der Waals surface area contributed by atoms with E-state index in [9.17, 15) is 44.4 Å². The first-order chi connectivity index (χ1) is 41.2. The molecule has 444 valence electrons. The number of nitrogens with zero attached hydrogens (tertiary/aromatic N) is 2. The van der Waals surface area contributed by atoms with Gasteiger partial charge in [-0.05, 0) is 114 Å². The summed E-state index contributed by atoms with van der Waals surface area (Å²) in [5, 5.41) is 61.6. The number of aromatic carboxylic acids is 2. The molecule has 0 fully saturated rings. The van der Waals surface area contributed by atoms with Gasteiger partial charge in [0, 0.05) is 103 Å². The molecule has 1 aliphatic carbocycles. The highest BCUT2D eigenvalue weighted by molar-refractivity contribution is 7.80. The van der Waals surface area contributed by atoms with E-state index in [2.05, 4.69) is 33.2 Å². The number of fused-ring (bicyclic) bond motifs is 4. The van der Waals surface area contributed by atoms with Crippen molar-refractivity contribution in [2.24, 2.45) is 0 Å². The Labute approximate surface area is 501 Å². The topological polar surface area (TPSA) is 270 Å². The van der Waals surface area contributed by atoms with Gasteiger partial charge in [-0.15, -0.1) is 5.75 Å². The molecule has 1 atom stereocenters. The van der Waals surface area contributed by atoms with Gasteiger partial charge in [-0.1, -0.05) is 73.3 Å². The number of aromatic hydroxyl groups is 1. The molecule has 0 saturated heterocycles. The lowest BCUT2D eigenvalue weighted by atomic mass is 9.89. The van der Waals surface area contributed by atoms with Crippen LogP contribution in [0.3, 0.4) is 0 Å². The molecular formula is C66H66N7O12S-. The third kappa shape index (κ3) is 15.8. The van der Waals surface area contributed by atoms with Crippen molar-refractivity contribution in [3.8, 4) is 45.4 Å². The van der Waals surface area contributed by atoms with Crippen LogP contribution in [0.15, 0.2) is 144 Å². The van der Waals surface area contributed by atoms with Crippen LogP contribution in [-0.2, 0) is 25.5 Å². The van der Waals surface area contributed by atoms with E-state index in [0.717, 1.165) is 33.1 Å². The van der Waals surface area contributed by atoms with Gasteiger partial charge in [0.1, 0.15) is 55.3 Å². The van der Waals surface area contributed by atoms with Gasteiger partial charge in [0.25, 0.3) is 0 Å². The maximum Gasteiger partial charge on any atom is 0.336 e. The number of carbonyl (C=O) groups excluding carboxylic acids is 4. The monoisotopic (exact) mass is 1180 g/mol. The number of carboxylic acid groups (broad SMARTS) is 2. The first kappa shape index (κ1) is 62.0. The Hall–Kier alpha value is -10.1. The zero-order valence-electron chi connectivity index (χ0n) is 48.2. The smallest absolute Gasteiger partial charge is 0.336 e. The summed E-state index contributed by atoms with van der Waals surface area (Å²) in [4.78, 5) is 63.2. The Bertz CT molecular complexity index is 4030. The Morgan fingerprint density at radius 2 is 1.52 bits per heavy atom. The van der Waals surface area contributed by atoms with Gasteiger partial charge in [0.15, 0.2) is 5.11 Å². The zero-order chi connectivity index (χ0) is 61.6. The van der Waals surface area contributed by atoms with Crippen LogP contribution < -0.4 is 66.8 Å². The van der Waals surface area contributed by atoms with E-state index in [1.54, 1.807) is 66.7 Å². The summed E-state index contributed by atoms with van der Waals surface area (Å²) < 4.78 is 19.6. The van der Waals surface area contributed by atoms with Gasteiger partial charge >= 0.3 is 5.97 Å². The van der Waals surface area contributed by atoms with E-state index in [0.29, 0.717) is 100 Å². The molecule has 2 heterocycles. The number of phenolic OH excluding ortho intramolecular Hbond substituents is 1. The molecule has 1 unspecified atom stereocenters. The number of benzene rings is 7. The molecule has 0 bridgehead atoms. The number of thiocarbonyl (C=S) groups is 1. The second-order valence-electron chi connectivity index (χ2n) is 20.7. The van der Waals surface area contributed by atoms with Crippen molar-refractivity contribution in [3.63, 3.8) is 0 Å². The lowest BCUT2D eigenvalue weighted by Gasteiger charge is -2.24. The van der Waals surface area contributed by atoms with Crippen molar-refractivity contribution in [2.75, 3.05) is 71.3 Å². The second kappa shape index (κ2) is 28.5. The number of carbonyl (C=O) groups is 5. The van der Waals surface area contributed by atoms with Crippen molar-refractivity contribution in [1.29, 1.82) is 0 Å². The van der Waals surface area contributed by atoms with E-state index in [-0.39, 0.29) is 59.3 Å². The van der Waals surface area contributed by atoms with Crippen LogP contribution >= 0.6 is 12.2 Å². The largest absolute Gasteiger partial charge is 0.872 e. The van der Waals surface area contributed by atoms with Gasteiger partial charge in [0.05, 0.1) is 24.2 Å². The first-order valence-corrected chi connectivity index (χ1v) is 28.1. The lowest BCUT2D eigenvalue weighted by molar-refractivity contribution is -0.268. The van der Waals surface area contributed by atoms with Crippen LogP contribution in [0.4, 0.5) is 11.4 Å². The van der Waals surface area contributed by atoms with Crippen molar-refractivity contribution >= 4 is 81.5 Å². The number of unbranched alkanes of at least 4 members (excludes halogenated alkanes) is 1. The number of nitrogens with one attached hydrogen (secondary N) is 5. The summed E-state index contributed by atoms with van der Waals surface area (Å²) in [6, 6.07) is 39.3. The summed E-state index contributed by atoms with van der Waals surface area (Å²) in [7, 11) is 7.88. The number of anilines is 2. The SMILES string of the molecule is C=c1ccc2c(c1)Oc1cc([O-])ccc1C=2c1ccc(NC(=S)NCCCCC(NC(=O)COCCNC(C)=O)C(=O)NCCc2ccc(O)cc2)cc1C(=O)O.CN(C)c1ccc2c(-c3ccccc3C(=O)[O-])c3ccc(=[N+](C)C)cc-3oc2c1. The van der Waals surface area contributed by atoms with Crippen LogP contribution in [-0.4, -0.2) is 112 Å². The molecular weight excluding hydrogens is 1110 g/mol. The molecule has 20 heteroatoms. The van der Waals surface area contributed by atoms with E-state index in [1.165, 1.54) is 25.1 Å². The predicted molar refractivity (Wildman–Crippen MR) is 331 cm³/mol. The highest BCUT2D eigenvalue weighted by Gasteiger charge is 2.26. The summed E-state index contributed by atoms with van der Waals surface area (Å²) in [5.41, 5.74) is 7.15. The second-order valence-corrected chi connectivity index (χ2v) is 21.1. The fourth-order valence-electron chi connectivity index (χ4n) is 9.75. The number of hydrogen-bond acceptors (Lipinski definition) is 13. The number of ether oxygens (including phenoxy) is 2. The van der Waals surface area contributed by atoms with Crippen molar-refractivity contribution in [1.82, 2.24) is 25.8 Å². The lowest BCUT2D eigenvalue weighted by Crippen LogP contribution is -2.48. The van der Waals surface area contributed by atoms with Gasteiger partial charge in [-0.3, -0.25) is 14.4 Å². The molecule has 9 rings (SSSR count). The molecule has 0 radical (unpaired) electrons. The molecule has 0 saturated carbocycles. The third-order valence-electron chi connectivity index (χ3n) is 14.0. The number of phenols is 1. The number of carboxylic acids is 2. The summed E-state index contributed by atoms with van der Waals surface area (Å²) in [5.74, 6) is -2.00. The molecule has 7 N–H and O–H groups in total. The zero-order valence-corrected chi connectivity index (χ0v) is 49.0. The minimum Gasteiger partial charge on any atom is -0.872 e.